The van der Waals surface area contributed by atoms with E-state index < -0.39 is 11.9 Å². The molecule has 0 saturated carbocycles. The SMILES string of the molecule is CCOC(=O)C1=C(N)N(c2ccc(Cl)cc2)C2=C(C(=O)CCC2)C1c1ccc(CC)cc1. The van der Waals surface area contributed by atoms with Crippen LogP contribution in [0.15, 0.2) is 71.2 Å². The lowest BCUT2D eigenvalue weighted by atomic mass is 9.75. The van der Waals surface area contributed by atoms with E-state index in [4.69, 9.17) is 22.1 Å². The third-order valence-electron chi connectivity index (χ3n) is 6.09. The van der Waals surface area contributed by atoms with Gasteiger partial charge >= 0.3 is 5.97 Å². The fraction of sp³-hybridized carbons (Fsp3) is 0.308. The molecule has 5 nitrogen and oxygen atoms in total. The zero-order chi connectivity index (χ0) is 22.8. The van der Waals surface area contributed by atoms with E-state index >= 15 is 0 Å². The Morgan fingerprint density at radius 2 is 1.78 bits per heavy atom. The number of hydrogen-bond donors (Lipinski definition) is 1. The van der Waals surface area contributed by atoms with Crippen LogP contribution in [0.2, 0.25) is 5.02 Å². The van der Waals surface area contributed by atoms with Crippen LogP contribution in [0.1, 0.15) is 50.2 Å². The maximum Gasteiger partial charge on any atom is 0.338 e. The standard InChI is InChI=1S/C26H27ClN2O3/c1-3-16-8-10-17(11-9-16)22-23-20(6-5-7-21(23)30)29(19-14-12-18(27)13-15-19)25(28)24(22)26(31)32-4-2/h8-15,22H,3-7,28H2,1-2H3. The molecule has 0 amide bonds. The third-order valence-corrected chi connectivity index (χ3v) is 6.35. The first-order chi connectivity index (χ1) is 15.5. The predicted octanol–water partition coefficient (Wildman–Crippen LogP) is 5.25. The zero-order valence-corrected chi connectivity index (χ0v) is 19.1. The fourth-order valence-electron chi connectivity index (χ4n) is 4.56. The average molecular weight is 451 g/mol. The van der Waals surface area contributed by atoms with Gasteiger partial charge in [-0.25, -0.2) is 4.79 Å². The molecule has 166 valence electrons. The Kier molecular flexibility index (Phi) is 6.38. The van der Waals surface area contributed by atoms with Crippen LogP contribution >= 0.6 is 11.6 Å². The van der Waals surface area contributed by atoms with Crippen molar-refractivity contribution in [1.29, 1.82) is 0 Å². The third kappa shape index (κ3) is 3.93. The van der Waals surface area contributed by atoms with E-state index in [-0.39, 0.29) is 12.4 Å². The maximum absolute atomic E-state index is 13.3. The molecule has 0 radical (unpaired) electrons. The summed E-state index contributed by atoms with van der Waals surface area (Å²) in [6.45, 7) is 4.07. The molecule has 1 aliphatic heterocycles. The first-order valence-corrected chi connectivity index (χ1v) is 11.4. The Morgan fingerprint density at radius 3 is 2.41 bits per heavy atom. The highest BCUT2D eigenvalue weighted by atomic mass is 35.5. The van der Waals surface area contributed by atoms with Crippen molar-refractivity contribution in [3.8, 4) is 0 Å². The van der Waals surface area contributed by atoms with Crippen molar-refractivity contribution in [2.75, 3.05) is 11.5 Å². The number of halogens is 1. The van der Waals surface area contributed by atoms with Crippen molar-refractivity contribution >= 4 is 29.0 Å². The van der Waals surface area contributed by atoms with Gasteiger partial charge < -0.3 is 10.5 Å². The van der Waals surface area contributed by atoms with Crippen LogP contribution in [0.4, 0.5) is 5.69 Å². The van der Waals surface area contributed by atoms with Gasteiger partial charge in [0.15, 0.2) is 5.78 Å². The molecule has 1 heterocycles. The van der Waals surface area contributed by atoms with E-state index in [0.717, 1.165) is 29.8 Å². The molecule has 0 fully saturated rings. The molecule has 2 aromatic carbocycles. The van der Waals surface area contributed by atoms with E-state index in [1.54, 1.807) is 19.1 Å². The maximum atomic E-state index is 13.3. The van der Waals surface area contributed by atoms with E-state index in [2.05, 4.69) is 6.92 Å². The number of ketones is 1. The molecule has 0 aromatic heterocycles. The Hall–Kier alpha value is -3.05. The molecule has 32 heavy (non-hydrogen) atoms. The Labute approximate surface area is 193 Å². The van der Waals surface area contributed by atoms with Gasteiger partial charge in [-0.3, -0.25) is 9.69 Å². The lowest BCUT2D eigenvalue weighted by molar-refractivity contribution is -0.138. The van der Waals surface area contributed by atoms with Crippen molar-refractivity contribution in [1.82, 2.24) is 0 Å². The van der Waals surface area contributed by atoms with Gasteiger partial charge in [-0.05, 0) is 61.6 Å². The molecule has 1 aliphatic carbocycles. The highest BCUT2D eigenvalue weighted by Crippen LogP contribution is 2.46. The number of carbonyl (C=O) groups excluding carboxylic acids is 2. The quantitative estimate of drug-likeness (QED) is 0.630. The number of ether oxygens (including phenoxy) is 1. The van der Waals surface area contributed by atoms with E-state index in [1.807, 2.05) is 41.3 Å². The molecule has 0 spiro atoms. The second-order valence-corrected chi connectivity index (χ2v) is 8.43. The Balaban J connectivity index is 1.96. The van der Waals surface area contributed by atoms with Crippen LogP contribution in [0, 0.1) is 0 Å². The fourth-order valence-corrected chi connectivity index (χ4v) is 4.69. The second-order valence-electron chi connectivity index (χ2n) is 8.00. The molecule has 6 heteroatoms. The number of nitrogens with two attached hydrogens (primary N) is 1. The number of anilines is 1. The van der Waals surface area contributed by atoms with Gasteiger partial charge in [-0.2, -0.15) is 0 Å². The van der Waals surface area contributed by atoms with Crippen molar-refractivity contribution in [3.63, 3.8) is 0 Å². The summed E-state index contributed by atoms with van der Waals surface area (Å²) in [5, 5.41) is 0.599. The number of aryl methyl sites for hydroxylation is 1. The van der Waals surface area contributed by atoms with Crippen LogP contribution in [0.3, 0.4) is 0 Å². The van der Waals surface area contributed by atoms with Crippen molar-refractivity contribution < 1.29 is 14.3 Å². The highest BCUT2D eigenvalue weighted by molar-refractivity contribution is 6.30. The number of allylic oxidation sites excluding steroid dienone is 2. The van der Waals surface area contributed by atoms with Gasteiger partial charge in [0.05, 0.1) is 18.1 Å². The second kappa shape index (κ2) is 9.21. The van der Waals surface area contributed by atoms with Crippen LogP contribution in [0.25, 0.3) is 0 Å². The lowest BCUT2D eigenvalue weighted by Crippen LogP contribution is -2.41. The van der Waals surface area contributed by atoms with Gasteiger partial charge in [-0.15, -0.1) is 0 Å². The molecule has 2 aromatic rings. The first kappa shape index (κ1) is 22.2. The topological polar surface area (TPSA) is 72.6 Å². The largest absolute Gasteiger partial charge is 0.463 e. The average Bonchev–Trinajstić information content (AvgIpc) is 2.79. The summed E-state index contributed by atoms with van der Waals surface area (Å²) in [4.78, 5) is 28.3. The molecular weight excluding hydrogens is 424 g/mol. The van der Waals surface area contributed by atoms with Crippen LogP contribution in [-0.2, 0) is 20.7 Å². The minimum Gasteiger partial charge on any atom is -0.463 e. The molecule has 4 rings (SSSR count). The van der Waals surface area contributed by atoms with Crippen molar-refractivity contribution in [2.24, 2.45) is 5.73 Å². The summed E-state index contributed by atoms with van der Waals surface area (Å²) < 4.78 is 5.41. The summed E-state index contributed by atoms with van der Waals surface area (Å²) in [5.74, 6) is -0.711. The minimum absolute atomic E-state index is 0.0454. The van der Waals surface area contributed by atoms with Crippen LogP contribution in [0.5, 0.6) is 0 Å². The van der Waals surface area contributed by atoms with Crippen LogP contribution < -0.4 is 10.6 Å². The van der Waals surface area contributed by atoms with Gasteiger partial charge in [0.1, 0.15) is 5.82 Å². The highest BCUT2D eigenvalue weighted by Gasteiger charge is 2.43. The van der Waals surface area contributed by atoms with Gasteiger partial charge in [0.25, 0.3) is 0 Å². The van der Waals surface area contributed by atoms with Gasteiger partial charge in [-0.1, -0.05) is 42.8 Å². The summed E-state index contributed by atoms with van der Waals surface area (Å²) in [6.07, 6.45) is 2.80. The van der Waals surface area contributed by atoms with Gasteiger partial charge in [0.2, 0.25) is 0 Å². The van der Waals surface area contributed by atoms with Crippen molar-refractivity contribution in [2.45, 2.75) is 45.4 Å². The Bertz CT molecular complexity index is 1100. The molecule has 0 bridgehead atoms. The first-order valence-electron chi connectivity index (χ1n) is 11.0. The number of nitrogens with zero attached hydrogens (tertiary/aromatic N) is 1. The number of esters is 1. The zero-order valence-electron chi connectivity index (χ0n) is 18.4. The minimum atomic E-state index is -0.550. The van der Waals surface area contributed by atoms with Crippen molar-refractivity contribution in [3.05, 3.63) is 87.3 Å². The summed E-state index contributed by atoms with van der Waals surface area (Å²) in [7, 11) is 0. The number of carbonyl (C=O) groups is 2. The predicted molar refractivity (Wildman–Crippen MR) is 126 cm³/mol. The van der Waals surface area contributed by atoms with Gasteiger partial charge in [0, 0.05) is 28.4 Å². The molecule has 2 aliphatic rings. The van der Waals surface area contributed by atoms with E-state index in [9.17, 15) is 9.59 Å². The molecule has 1 unspecified atom stereocenters. The van der Waals surface area contributed by atoms with Crippen LogP contribution in [-0.4, -0.2) is 18.4 Å². The lowest BCUT2D eigenvalue weighted by Gasteiger charge is -2.40. The molecular formula is C26H27ClN2O3. The monoisotopic (exact) mass is 450 g/mol. The molecule has 0 saturated heterocycles. The van der Waals surface area contributed by atoms with E-state index in [0.29, 0.717) is 34.8 Å². The number of hydrogen-bond acceptors (Lipinski definition) is 5. The summed E-state index contributed by atoms with van der Waals surface area (Å²) in [6, 6.07) is 15.3. The Morgan fingerprint density at radius 1 is 1.09 bits per heavy atom. The number of rotatable bonds is 5. The van der Waals surface area contributed by atoms with E-state index in [1.165, 1.54) is 5.56 Å². The summed E-state index contributed by atoms with van der Waals surface area (Å²) >= 11 is 6.09. The summed E-state index contributed by atoms with van der Waals surface area (Å²) in [5.41, 5.74) is 11.3. The molecule has 2 N–H and O–H groups in total. The molecule has 1 atom stereocenters. The smallest absolute Gasteiger partial charge is 0.338 e. The number of Topliss-reactive ketones (excluding diaryl/α,β-unsaturated/α-hetero) is 1. The number of benzene rings is 2. The normalized spacial score (nSPS) is 18.7.